The number of amides is 1. The lowest BCUT2D eigenvalue weighted by molar-refractivity contribution is -0.241. The van der Waals surface area contributed by atoms with Crippen molar-refractivity contribution in [3.8, 4) is 16.9 Å². The molecule has 0 spiro atoms. The van der Waals surface area contributed by atoms with E-state index >= 15 is 0 Å². The Balaban J connectivity index is 0.000000296. The molecular weight excluding hydrogens is 606 g/mol. The first-order chi connectivity index (χ1) is 21.5. The second-order valence-corrected chi connectivity index (χ2v) is 9.79. The predicted molar refractivity (Wildman–Crippen MR) is 171 cm³/mol. The zero-order valence-corrected chi connectivity index (χ0v) is 25.7. The molecule has 3 heterocycles. The number of likely N-dealkylation sites (N-methyl/N-ethyl adjacent to an activating group) is 1. The predicted octanol–water partition coefficient (Wildman–Crippen LogP) is 3.89. The zero-order valence-electron chi connectivity index (χ0n) is 25.0. The summed E-state index contributed by atoms with van der Waals surface area (Å²) in [6.07, 6.45) is 8.30. The number of hydrogen-bond donors (Lipinski definition) is 3. The normalized spacial score (nSPS) is 11.1. The van der Waals surface area contributed by atoms with Gasteiger partial charge >= 0.3 is 5.97 Å². The van der Waals surface area contributed by atoms with E-state index in [2.05, 4.69) is 31.8 Å². The minimum absolute atomic E-state index is 0.0256. The Morgan fingerprint density at radius 3 is 2.67 bits per heavy atom. The molecule has 1 aromatic carbocycles. The first-order valence-electron chi connectivity index (χ1n) is 13.3. The van der Waals surface area contributed by atoms with Crippen LogP contribution in [0.5, 0.6) is 5.75 Å². The summed E-state index contributed by atoms with van der Waals surface area (Å²) < 4.78 is 7.47. The van der Waals surface area contributed by atoms with Gasteiger partial charge < -0.3 is 24.6 Å². The number of benzene rings is 1. The van der Waals surface area contributed by atoms with E-state index in [4.69, 9.17) is 16.3 Å². The standard InChI is InChI=1S/C19H16ClN5O4.C11H16N2O3/c1-10-6-12(9-24(10)2)22-19-21-8-11-7-13(16-14(20)4-3-5-15(16)26)18(27)25(29-28)17(11)23-19;1-4-10(8-12-5-2)11(15)16-7-6-13(3)9-14/h3-9,26,28H,1-2H3,(H,21,22,23);4-5,8-9H,2,6-7H2,1,3H3/b;10-4+,12-8?. The Bertz CT molecular complexity index is 1770. The molecule has 4 aromatic rings. The molecule has 0 aliphatic rings. The number of ether oxygens (including phenoxy) is 1. The molecular formula is C30H32ClN7O7. The van der Waals surface area contributed by atoms with Crippen LogP contribution in [0.1, 0.15) is 12.6 Å². The van der Waals surface area contributed by atoms with Gasteiger partial charge in [-0.2, -0.15) is 10.2 Å². The van der Waals surface area contributed by atoms with Crippen LogP contribution in [0.4, 0.5) is 11.6 Å². The van der Waals surface area contributed by atoms with Gasteiger partial charge in [0.25, 0.3) is 5.56 Å². The fourth-order valence-electron chi connectivity index (χ4n) is 3.83. The number of phenolic OH excluding ortho intramolecular Hbond substituents is 1. The van der Waals surface area contributed by atoms with Crippen molar-refractivity contribution in [3.05, 3.63) is 88.2 Å². The molecule has 4 rings (SSSR count). The Kier molecular flexibility index (Phi) is 12.0. The van der Waals surface area contributed by atoms with E-state index in [0.717, 1.165) is 11.4 Å². The number of allylic oxidation sites excluding steroid dienone is 1. The zero-order chi connectivity index (χ0) is 33.1. The number of anilines is 2. The Morgan fingerprint density at radius 1 is 1.31 bits per heavy atom. The van der Waals surface area contributed by atoms with Crippen LogP contribution in [0, 0.1) is 6.92 Å². The van der Waals surface area contributed by atoms with E-state index in [9.17, 15) is 24.7 Å². The van der Waals surface area contributed by atoms with Crippen molar-refractivity contribution in [3.63, 3.8) is 0 Å². The summed E-state index contributed by atoms with van der Waals surface area (Å²) in [5, 5.41) is 23.1. The van der Waals surface area contributed by atoms with Crippen LogP contribution in [-0.2, 0) is 21.4 Å². The molecule has 14 nitrogen and oxygen atoms in total. The minimum atomic E-state index is -0.747. The number of aromatic nitrogens is 4. The van der Waals surface area contributed by atoms with E-state index in [1.165, 1.54) is 41.7 Å². The molecule has 45 heavy (non-hydrogen) atoms. The number of esters is 1. The third kappa shape index (κ3) is 8.55. The first kappa shape index (κ1) is 34.0. The molecule has 1 amide bonds. The number of fused-ring (bicyclic) bond motifs is 1. The molecule has 0 atom stereocenters. The molecule has 3 aromatic heterocycles. The third-order valence-electron chi connectivity index (χ3n) is 6.28. The number of carbonyl (C=O) groups excluding carboxylic acids is 2. The Hall–Kier alpha value is -5.47. The van der Waals surface area contributed by atoms with Crippen LogP contribution < -0.4 is 15.9 Å². The molecule has 0 aliphatic heterocycles. The van der Waals surface area contributed by atoms with Crippen LogP contribution >= 0.6 is 11.6 Å². The molecule has 0 unspecified atom stereocenters. The summed E-state index contributed by atoms with van der Waals surface area (Å²) in [5.41, 5.74) is 1.59. The molecule has 0 bridgehead atoms. The van der Waals surface area contributed by atoms with Crippen LogP contribution in [-0.4, -0.2) is 73.3 Å². The Labute approximate surface area is 263 Å². The summed E-state index contributed by atoms with van der Waals surface area (Å²) in [5.74, 6) is -0.439. The number of hydrogen-bond acceptors (Lipinski definition) is 11. The summed E-state index contributed by atoms with van der Waals surface area (Å²) in [7, 11) is 3.52. The second kappa shape index (κ2) is 15.8. The van der Waals surface area contributed by atoms with Crippen LogP contribution in [0.15, 0.2) is 76.9 Å². The van der Waals surface area contributed by atoms with Crippen LogP contribution in [0.3, 0.4) is 0 Å². The Morgan fingerprint density at radius 2 is 2.07 bits per heavy atom. The van der Waals surface area contributed by atoms with Crippen molar-refractivity contribution in [2.45, 2.75) is 13.8 Å². The highest BCUT2D eigenvalue weighted by Gasteiger charge is 2.19. The van der Waals surface area contributed by atoms with Crippen LogP contribution in [0.2, 0.25) is 5.02 Å². The number of nitrogens with one attached hydrogen (secondary N) is 1. The lowest BCUT2D eigenvalue weighted by Crippen LogP contribution is -2.27. The molecule has 236 valence electrons. The number of aliphatic imine (C=N–C) groups is 1. The molecule has 0 radical (unpaired) electrons. The van der Waals surface area contributed by atoms with Gasteiger partial charge in [-0.05, 0) is 38.1 Å². The van der Waals surface area contributed by atoms with Gasteiger partial charge in [-0.1, -0.05) is 35.1 Å². The number of aryl methyl sites for hydroxylation is 2. The average molecular weight is 638 g/mol. The SMILES string of the molecule is C=CN=C/C(=C\C)C(=O)OCCN(C)C=O.Cc1cc(Nc2ncc3cc(-c4c(O)cccc4Cl)c(=O)n(OO)c3n2)cn1C. The summed E-state index contributed by atoms with van der Waals surface area (Å²) in [6, 6.07) is 7.88. The van der Waals surface area contributed by atoms with Gasteiger partial charge in [0.05, 0.1) is 28.4 Å². The van der Waals surface area contributed by atoms with Gasteiger partial charge in [0.2, 0.25) is 12.4 Å². The molecule has 0 fully saturated rings. The molecule has 3 N–H and O–H groups in total. The fraction of sp³-hybridized carbons (Fsp3) is 0.200. The number of carbonyl (C=O) groups is 2. The second-order valence-electron chi connectivity index (χ2n) is 9.38. The monoisotopic (exact) mass is 637 g/mol. The van der Waals surface area contributed by atoms with Gasteiger partial charge in [-0.15, -0.1) is 0 Å². The summed E-state index contributed by atoms with van der Waals surface area (Å²) in [6.45, 7) is 7.59. The van der Waals surface area contributed by atoms with Crippen molar-refractivity contribution in [1.82, 2.24) is 24.2 Å². The summed E-state index contributed by atoms with van der Waals surface area (Å²) >= 11 is 6.16. The van der Waals surface area contributed by atoms with Crippen molar-refractivity contribution in [2.75, 3.05) is 25.5 Å². The lowest BCUT2D eigenvalue weighted by Gasteiger charge is -2.11. The van der Waals surface area contributed by atoms with Gasteiger partial charge in [0.1, 0.15) is 12.4 Å². The number of aromatic hydroxyl groups is 1. The third-order valence-corrected chi connectivity index (χ3v) is 6.59. The van der Waals surface area contributed by atoms with Crippen molar-refractivity contribution < 1.29 is 29.7 Å². The molecule has 0 saturated heterocycles. The van der Waals surface area contributed by atoms with Crippen molar-refractivity contribution in [1.29, 1.82) is 0 Å². The minimum Gasteiger partial charge on any atom is -0.507 e. The van der Waals surface area contributed by atoms with E-state index in [1.807, 2.05) is 30.8 Å². The maximum Gasteiger partial charge on any atom is 0.339 e. The molecule has 0 saturated carbocycles. The van der Waals surface area contributed by atoms with E-state index in [0.29, 0.717) is 28.6 Å². The lowest BCUT2D eigenvalue weighted by atomic mass is 10.1. The van der Waals surface area contributed by atoms with E-state index in [1.54, 1.807) is 26.1 Å². The number of pyridine rings is 1. The number of rotatable bonds is 11. The number of phenols is 1. The highest BCUT2D eigenvalue weighted by molar-refractivity contribution is 6.33. The van der Waals surface area contributed by atoms with Gasteiger partial charge in [-0.25, -0.2) is 14.8 Å². The highest BCUT2D eigenvalue weighted by Crippen LogP contribution is 2.34. The van der Waals surface area contributed by atoms with E-state index in [-0.39, 0.29) is 40.1 Å². The maximum absolute atomic E-state index is 12.9. The van der Waals surface area contributed by atoms with Gasteiger partial charge in [0, 0.05) is 55.5 Å². The molecule has 15 heteroatoms. The highest BCUT2D eigenvalue weighted by atomic mass is 35.5. The fourth-order valence-corrected chi connectivity index (χ4v) is 4.10. The summed E-state index contributed by atoms with van der Waals surface area (Å²) in [4.78, 5) is 52.5. The maximum atomic E-state index is 12.9. The van der Waals surface area contributed by atoms with Crippen molar-refractivity contribution in [2.24, 2.45) is 12.0 Å². The van der Waals surface area contributed by atoms with Crippen molar-refractivity contribution >= 4 is 52.9 Å². The number of nitrogens with zero attached hydrogens (tertiary/aromatic N) is 6. The van der Waals surface area contributed by atoms with Crippen LogP contribution in [0.25, 0.3) is 22.2 Å². The largest absolute Gasteiger partial charge is 0.507 e. The molecule has 0 aliphatic carbocycles. The van der Waals surface area contributed by atoms with E-state index < -0.39 is 11.5 Å². The van der Waals surface area contributed by atoms with Gasteiger partial charge in [0.15, 0.2) is 5.65 Å². The smallest absolute Gasteiger partial charge is 0.339 e. The quantitative estimate of drug-likeness (QED) is 0.0547. The first-order valence-corrected chi connectivity index (χ1v) is 13.7. The van der Waals surface area contributed by atoms with Gasteiger partial charge in [-0.3, -0.25) is 14.6 Å². The number of halogens is 1. The topological polar surface area (TPSA) is 173 Å². The average Bonchev–Trinajstić information content (AvgIpc) is 3.33.